The molecule has 0 spiro atoms. The van der Waals surface area contributed by atoms with Crippen molar-refractivity contribution in [2.24, 2.45) is 0 Å². The van der Waals surface area contributed by atoms with Crippen LogP contribution in [0.2, 0.25) is 0 Å². The van der Waals surface area contributed by atoms with Crippen LogP contribution in [0.4, 0.5) is 10.1 Å². The Morgan fingerprint density at radius 2 is 1.91 bits per heavy atom. The van der Waals surface area contributed by atoms with Crippen molar-refractivity contribution in [3.63, 3.8) is 0 Å². The molecule has 0 bridgehead atoms. The van der Waals surface area contributed by atoms with Crippen LogP contribution in [0.25, 0.3) is 0 Å². The number of rotatable bonds is 2. The Hall–Kier alpha value is -2.64. The first kappa shape index (κ1) is 15.3. The molecule has 2 aromatic carbocycles. The number of benzene rings is 2. The fourth-order valence-electron chi connectivity index (χ4n) is 2.48. The molecule has 2 aromatic rings. The summed E-state index contributed by atoms with van der Waals surface area (Å²) in [6.45, 7) is 0.892. The van der Waals surface area contributed by atoms with E-state index in [-0.39, 0.29) is 17.8 Å². The molecule has 1 heterocycles. The summed E-state index contributed by atoms with van der Waals surface area (Å²) in [5.41, 5.74) is 1.88. The van der Waals surface area contributed by atoms with Gasteiger partial charge < -0.3 is 10.6 Å². The zero-order valence-corrected chi connectivity index (χ0v) is 12.6. The van der Waals surface area contributed by atoms with Crippen molar-refractivity contribution < 1.29 is 9.18 Å². The highest BCUT2D eigenvalue weighted by atomic mass is 19.1. The van der Waals surface area contributed by atoms with E-state index in [0.29, 0.717) is 5.56 Å². The second-order valence-corrected chi connectivity index (χ2v) is 5.45. The molecule has 0 unspecified atom stereocenters. The lowest BCUT2D eigenvalue weighted by molar-refractivity contribution is -0.117. The largest absolute Gasteiger partial charge is 0.325 e. The molecule has 116 valence electrons. The van der Waals surface area contributed by atoms with E-state index >= 15 is 0 Å². The normalized spacial score (nSPS) is 16.5. The fraction of sp³-hybridized carbons (Fsp3) is 0.211. The third kappa shape index (κ3) is 3.97. The number of nitrogens with one attached hydrogen (secondary N) is 2. The van der Waals surface area contributed by atoms with E-state index in [9.17, 15) is 9.18 Å². The summed E-state index contributed by atoms with van der Waals surface area (Å²) in [6, 6.07) is 13.6. The van der Waals surface area contributed by atoms with Crippen molar-refractivity contribution in [3.8, 4) is 11.8 Å². The highest BCUT2D eigenvalue weighted by Crippen LogP contribution is 2.12. The average Bonchev–Trinajstić information content (AvgIpc) is 3.10. The third-order valence-corrected chi connectivity index (χ3v) is 3.74. The number of carbonyl (C=O) groups excluding carboxylic acids is 1. The van der Waals surface area contributed by atoms with Gasteiger partial charge in [-0.15, -0.1) is 0 Å². The van der Waals surface area contributed by atoms with E-state index in [2.05, 4.69) is 22.5 Å². The predicted molar refractivity (Wildman–Crippen MR) is 88.5 cm³/mol. The third-order valence-electron chi connectivity index (χ3n) is 3.74. The van der Waals surface area contributed by atoms with Crippen molar-refractivity contribution >= 4 is 11.6 Å². The van der Waals surface area contributed by atoms with E-state index in [1.165, 1.54) is 6.07 Å². The Labute approximate surface area is 134 Å². The molecule has 0 radical (unpaired) electrons. The number of amides is 1. The first-order valence-corrected chi connectivity index (χ1v) is 7.63. The fourth-order valence-corrected chi connectivity index (χ4v) is 2.48. The molecule has 0 aromatic heterocycles. The van der Waals surface area contributed by atoms with Crippen LogP contribution in [-0.2, 0) is 4.79 Å². The predicted octanol–water partition coefficient (Wildman–Crippen LogP) is 2.92. The number of hydrogen-bond acceptors (Lipinski definition) is 2. The van der Waals surface area contributed by atoms with Gasteiger partial charge in [-0.05, 0) is 55.8 Å². The zero-order valence-electron chi connectivity index (χ0n) is 12.6. The molecule has 3 rings (SSSR count). The summed E-state index contributed by atoms with van der Waals surface area (Å²) in [5.74, 6) is 5.40. The van der Waals surface area contributed by atoms with Gasteiger partial charge in [0.25, 0.3) is 0 Å². The Morgan fingerprint density at radius 1 is 1.13 bits per heavy atom. The highest BCUT2D eigenvalue weighted by Gasteiger charge is 2.21. The first-order valence-electron chi connectivity index (χ1n) is 7.63. The number of hydrogen-bond donors (Lipinski definition) is 2. The summed E-state index contributed by atoms with van der Waals surface area (Å²) < 4.78 is 13.5. The van der Waals surface area contributed by atoms with Crippen LogP contribution >= 0.6 is 0 Å². The monoisotopic (exact) mass is 308 g/mol. The highest BCUT2D eigenvalue weighted by molar-refractivity contribution is 5.95. The summed E-state index contributed by atoms with van der Waals surface area (Å²) in [6.07, 6.45) is 1.90. The van der Waals surface area contributed by atoms with Crippen LogP contribution in [0.3, 0.4) is 0 Å². The van der Waals surface area contributed by atoms with E-state index < -0.39 is 0 Å². The summed E-state index contributed by atoms with van der Waals surface area (Å²) in [7, 11) is 0. The van der Waals surface area contributed by atoms with Crippen LogP contribution < -0.4 is 10.6 Å². The lowest BCUT2D eigenvalue weighted by atomic mass is 10.1. The van der Waals surface area contributed by atoms with Gasteiger partial charge in [-0.3, -0.25) is 4.79 Å². The van der Waals surface area contributed by atoms with E-state index in [4.69, 9.17) is 0 Å². The van der Waals surface area contributed by atoms with Gasteiger partial charge in [-0.25, -0.2) is 4.39 Å². The van der Waals surface area contributed by atoms with Gasteiger partial charge in [0.2, 0.25) is 5.91 Å². The molecule has 2 N–H and O–H groups in total. The van der Waals surface area contributed by atoms with Crippen LogP contribution in [0, 0.1) is 17.7 Å². The minimum absolute atomic E-state index is 0.00677. The van der Waals surface area contributed by atoms with Gasteiger partial charge in [0.05, 0.1) is 11.6 Å². The van der Waals surface area contributed by atoms with Crippen molar-refractivity contribution in [3.05, 3.63) is 65.5 Å². The molecule has 1 aliphatic heterocycles. The molecule has 23 heavy (non-hydrogen) atoms. The van der Waals surface area contributed by atoms with Gasteiger partial charge >= 0.3 is 0 Å². The van der Waals surface area contributed by atoms with Crippen molar-refractivity contribution in [1.82, 2.24) is 5.32 Å². The Balaban J connectivity index is 1.66. The second kappa shape index (κ2) is 7.08. The van der Waals surface area contributed by atoms with Gasteiger partial charge in [-0.2, -0.15) is 0 Å². The molecule has 0 saturated carbocycles. The van der Waals surface area contributed by atoms with E-state index in [1.807, 2.05) is 12.1 Å². The number of anilines is 1. The summed E-state index contributed by atoms with van der Waals surface area (Å²) in [5, 5.41) is 6.05. The Bertz CT molecular complexity index is 753. The first-order chi connectivity index (χ1) is 11.2. The average molecular weight is 308 g/mol. The molecule has 4 heteroatoms. The van der Waals surface area contributed by atoms with Crippen LogP contribution in [0.1, 0.15) is 24.0 Å². The smallest absolute Gasteiger partial charge is 0.241 e. The standard InChI is InChI=1S/C19H17FN2O/c20-17-5-2-1-4-15(17)10-7-14-8-11-16(12-9-14)22-19(23)18-6-3-13-21-18/h1-2,4-5,8-9,11-12,18,21H,3,6,13H2,(H,22,23)/t18-/m1/s1. The SMILES string of the molecule is O=C(Nc1ccc(C#Cc2ccccc2F)cc1)[C@H]1CCCN1. The van der Waals surface area contributed by atoms with Gasteiger partial charge in [0.1, 0.15) is 5.82 Å². The topological polar surface area (TPSA) is 41.1 Å². The van der Waals surface area contributed by atoms with E-state index in [1.54, 1.807) is 30.3 Å². The van der Waals surface area contributed by atoms with Crippen molar-refractivity contribution in [2.45, 2.75) is 18.9 Å². The maximum atomic E-state index is 13.5. The molecular formula is C19H17FN2O. The summed E-state index contributed by atoms with van der Waals surface area (Å²) >= 11 is 0. The molecule has 1 fully saturated rings. The molecule has 1 saturated heterocycles. The maximum absolute atomic E-state index is 13.5. The molecule has 1 amide bonds. The number of halogens is 1. The molecule has 1 aliphatic rings. The van der Waals surface area contributed by atoms with Gasteiger partial charge in [0.15, 0.2) is 0 Å². The Kier molecular flexibility index (Phi) is 4.70. The number of carbonyl (C=O) groups is 1. The minimum atomic E-state index is -0.326. The molecule has 0 aliphatic carbocycles. The van der Waals surface area contributed by atoms with Crippen LogP contribution in [0.15, 0.2) is 48.5 Å². The molecule has 1 atom stereocenters. The lowest BCUT2D eigenvalue weighted by Crippen LogP contribution is -2.35. The Morgan fingerprint density at radius 3 is 2.61 bits per heavy atom. The molecular weight excluding hydrogens is 291 g/mol. The van der Waals surface area contributed by atoms with Gasteiger partial charge in [-0.1, -0.05) is 24.0 Å². The van der Waals surface area contributed by atoms with Crippen molar-refractivity contribution in [2.75, 3.05) is 11.9 Å². The second-order valence-electron chi connectivity index (χ2n) is 5.45. The minimum Gasteiger partial charge on any atom is -0.325 e. The van der Waals surface area contributed by atoms with Crippen molar-refractivity contribution in [1.29, 1.82) is 0 Å². The van der Waals surface area contributed by atoms with Gasteiger partial charge in [0, 0.05) is 11.3 Å². The lowest BCUT2D eigenvalue weighted by Gasteiger charge is -2.10. The quantitative estimate of drug-likeness (QED) is 0.838. The van der Waals surface area contributed by atoms with E-state index in [0.717, 1.165) is 30.6 Å². The maximum Gasteiger partial charge on any atom is 0.241 e. The van der Waals surface area contributed by atoms with Crippen LogP contribution in [0.5, 0.6) is 0 Å². The summed E-state index contributed by atoms with van der Waals surface area (Å²) in [4.78, 5) is 12.0. The van der Waals surface area contributed by atoms with Crippen LogP contribution in [-0.4, -0.2) is 18.5 Å². The zero-order chi connectivity index (χ0) is 16.1. The molecule has 3 nitrogen and oxygen atoms in total.